The Morgan fingerprint density at radius 3 is 2.95 bits per heavy atom. The fourth-order valence-corrected chi connectivity index (χ4v) is 3.55. The topological polar surface area (TPSA) is 58.7 Å². The van der Waals surface area contributed by atoms with Crippen LogP contribution in [0.5, 0.6) is 0 Å². The van der Waals surface area contributed by atoms with E-state index >= 15 is 0 Å². The van der Waals surface area contributed by atoms with Crippen LogP contribution in [0.25, 0.3) is 10.2 Å². The molecule has 0 radical (unpaired) electrons. The molecule has 0 fully saturated rings. The number of hydrogen-bond acceptors (Lipinski definition) is 5. The Hall–Kier alpha value is -1.58. The summed E-state index contributed by atoms with van der Waals surface area (Å²) in [6.07, 6.45) is 1.67. The SMILES string of the molecule is C=CCn1c(SCC#N)nc2sc(C)c(C)c2c1=O. The summed E-state index contributed by atoms with van der Waals surface area (Å²) >= 11 is 2.80. The molecule has 2 rings (SSSR count). The molecule has 0 saturated heterocycles. The first kappa shape index (κ1) is 13.8. The van der Waals surface area contributed by atoms with E-state index in [2.05, 4.69) is 17.6 Å². The molecule has 19 heavy (non-hydrogen) atoms. The van der Waals surface area contributed by atoms with Gasteiger partial charge in [-0.05, 0) is 19.4 Å². The van der Waals surface area contributed by atoms with Crippen molar-refractivity contribution in [3.63, 3.8) is 0 Å². The van der Waals surface area contributed by atoms with Gasteiger partial charge in [0, 0.05) is 11.4 Å². The van der Waals surface area contributed by atoms with E-state index in [-0.39, 0.29) is 11.3 Å². The normalized spacial score (nSPS) is 10.6. The fraction of sp³-hybridized carbons (Fsp3) is 0.308. The van der Waals surface area contributed by atoms with E-state index in [1.807, 2.05) is 13.8 Å². The lowest BCUT2D eigenvalue weighted by Gasteiger charge is -2.08. The molecule has 6 heteroatoms. The summed E-state index contributed by atoms with van der Waals surface area (Å²) in [5.74, 6) is 0.276. The average molecular weight is 291 g/mol. The average Bonchev–Trinajstić information content (AvgIpc) is 2.66. The number of rotatable bonds is 4. The van der Waals surface area contributed by atoms with Crippen molar-refractivity contribution in [1.82, 2.24) is 9.55 Å². The number of fused-ring (bicyclic) bond motifs is 1. The molecule has 0 atom stereocenters. The van der Waals surface area contributed by atoms with Gasteiger partial charge in [0.1, 0.15) is 4.83 Å². The third-order valence-corrected chi connectivity index (χ3v) is 4.78. The Labute approximate surface area is 119 Å². The number of thiophene rings is 1. The summed E-state index contributed by atoms with van der Waals surface area (Å²) in [4.78, 5) is 18.9. The van der Waals surface area contributed by atoms with Crippen LogP contribution in [0.3, 0.4) is 0 Å². The second kappa shape index (κ2) is 5.59. The predicted molar refractivity (Wildman–Crippen MR) is 79.9 cm³/mol. The number of nitrogens with zero attached hydrogens (tertiary/aromatic N) is 3. The zero-order valence-electron chi connectivity index (χ0n) is 10.8. The highest BCUT2D eigenvalue weighted by Gasteiger charge is 2.15. The predicted octanol–water partition coefficient (Wildman–Crippen LogP) is 2.88. The standard InChI is InChI=1S/C13H13N3OS2/c1-4-6-16-12(17)10-8(2)9(3)19-11(10)15-13(16)18-7-5-14/h4H,1,6-7H2,2-3H3. The number of nitriles is 1. The summed E-state index contributed by atoms with van der Waals surface area (Å²) in [6, 6.07) is 2.05. The molecular weight excluding hydrogens is 278 g/mol. The van der Waals surface area contributed by atoms with Crippen LogP contribution in [0.4, 0.5) is 0 Å². The van der Waals surface area contributed by atoms with Crippen LogP contribution in [0.15, 0.2) is 22.6 Å². The first-order valence-electron chi connectivity index (χ1n) is 5.71. The van der Waals surface area contributed by atoms with Crippen LogP contribution in [0, 0.1) is 25.2 Å². The third kappa shape index (κ3) is 2.44. The molecule has 98 valence electrons. The van der Waals surface area contributed by atoms with Gasteiger partial charge in [-0.2, -0.15) is 5.26 Å². The van der Waals surface area contributed by atoms with Gasteiger partial charge in [-0.3, -0.25) is 9.36 Å². The molecule has 0 aliphatic carbocycles. The van der Waals surface area contributed by atoms with Gasteiger partial charge in [0.2, 0.25) is 0 Å². The number of aromatic nitrogens is 2. The van der Waals surface area contributed by atoms with Crippen LogP contribution in [0.1, 0.15) is 10.4 Å². The van der Waals surface area contributed by atoms with Crippen molar-refractivity contribution >= 4 is 33.3 Å². The van der Waals surface area contributed by atoms with Crippen molar-refractivity contribution in [2.75, 3.05) is 5.75 Å². The molecule has 0 N–H and O–H groups in total. The largest absolute Gasteiger partial charge is 0.283 e. The quantitative estimate of drug-likeness (QED) is 0.494. The lowest BCUT2D eigenvalue weighted by molar-refractivity contribution is 0.673. The first-order valence-corrected chi connectivity index (χ1v) is 7.51. The van der Waals surface area contributed by atoms with Crippen molar-refractivity contribution in [3.8, 4) is 6.07 Å². The molecule has 0 aliphatic rings. The van der Waals surface area contributed by atoms with Crippen molar-refractivity contribution in [3.05, 3.63) is 33.4 Å². The zero-order chi connectivity index (χ0) is 14.0. The lowest BCUT2D eigenvalue weighted by atomic mass is 10.2. The number of hydrogen-bond donors (Lipinski definition) is 0. The van der Waals surface area contributed by atoms with Crippen LogP contribution in [0.2, 0.25) is 0 Å². The maximum Gasteiger partial charge on any atom is 0.263 e. The monoisotopic (exact) mass is 291 g/mol. The Balaban J connectivity index is 2.74. The number of thioether (sulfide) groups is 1. The Bertz CT molecular complexity index is 737. The molecule has 2 heterocycles. The van der Waals surface area contributed by atoms with Gasteiger partial charge >= 0.3 is 0 Å². The minimum atomic E-state index is -0.0489. The summed E-state index contributed by atoms with van der Waals surface area (Å²) in [7, 11) is 0. The molecule has 0 unspecified atom stereocenters. The van der Waals surface area contributed by atoms with E-state index < -0.39 is 0 Å². The highest BCUT2D eigenvalue weighted by atomic mass is 32.2. The van der Waals surface area contributed by atoms with Crippen molar-refractivity contribution < 1.29 is 0 Å². The van der Waals surface area contributed by atoms with E-state index in [0.29, 0.717) is 17.1 Å². The van der Waals surface area contributed by atoms with E-state index in [0.717, 1.165) is 15.3 Å². The summed E-state index contributed by atoms with van der Waals surface area (Å²) in [5.41, 5.74) is 0.944. The molecule has 0 aliphatic heterocycles. The Morgan fingerprint density at radius 2 is 2.32 bits per heavy atom. The minimum Gasteiger partial charge on any atom is -0.283 e. The number of aryl methyl sites for hydroxylation is 2. The molecule has 0 bridgehead atoms. The zero-order valence-corrected chi connectivity index (χ0v) is 12.4. The molecule has 4 nitrogen and oxygen atoms in total. The second-order valence-electron chi connectivity index (χ2n) is 4.01. The van der Waals surface area contributed by atoms with Gasteiger partial charge in [0.05, 0.1) is 17.2 Å². The van der Waals surface area contributed by atoms with Crippen LogP contribution in [-0.2, 0) is 6.54 Å². The van der Waals surface area contributed by atoms with E-state index in [1.54, 1.807) is 10.6 Å². The molecule has 0 aromatic carbocycles. The van der Waals surface area contributed by atoms with Gasteiger partial charge < -0.3 is 0 Å². The Morgan fingerprint density at radius 1 is 1.58 bits per heavy atom. The smallest absolute Gasteiger partial charge is 0.263 e. The van der Waals surface area contributed by atoms with Gasteiger partial charge in [-0.25, -0.2) is 4.98 Å². The van der Waals surface area contributed by atoms with Crippen molar-refractivity contribution in [2.45, 2.75) is 25.5 Å². The van der Waals surface area contributed by atoms with Crippen molar-refractivity contribution in [2.24, 2.45) is 0 Å². The fourth-order valence-electron chi connectivity index (χ4n) is 1.81. The molecule has 0 saturated carbocycles. The third-order valence-electron chi connectivity index (χ3n) is 2.83. The van der Waals surface area contributed by atoms with E-state index in [4.69, 9.17) is 5.26 Å². The van der Waals surface area contributed by atoms with Gasteiger partial charge in [-0.15, -0.1) is 17.9 Å². The Kier molecular flexibility index (Phi) is 4.08. The van der Waals surface area contributed by atoms with Crippen LogP contribution < -0.4 is 5.56 Å². The van der Waals surface area contributed by atoms with Gasteiger partial charge in [-0.1, -0.05) is 17.8 Å². The lowest BCUT2D eigenvalue weighted by Crippen LogP contribution is -2.22. The van der Waals surface area contributed by atoms with Gasteiger partial charge in [0.25, 0.3) is 5.56 Å². The molecule has 0 amide bonds. The van der Waals surface area contributed by atoms with Gasteiger partial charge in [0.15, 0.2) is 5.16 Å². The van der Waals surface area contributed by atoms with Crippen LogP contribution in [-0.4, -0.2) is 15.3 Å². The highest BCUT2D eigenvalue weighted by Crippen LogP contribution is 2.28. The van der Waals surface area contributed by atoms with E-state index in [9.17, 15) is 4.79 Å². The van der Waals surface area contributed by atoms with E-state index in [1.165, 1.54) is 23.1 Å². The number of allylic oxidation sites excluding steroid dienone is 1. The summed E-state index contributed by atoms with van der Waals surface area (Å²) < 4.78 is 1.58. The van der Waals surface area contributed by atoms with Crippen molar-refractivity contribution in [1.29, 1.82) is 5.26 Å². The maximum absolute atomic E-state index is 12.5. The summed E-state index contributed by atoms with van der Waals surface area (Å²) in [5, 5.41) is 9.94. The second-order valence-corrected chi connectivity index (χ2v) is 6.15. The highest BCUT2D eigenvalue weighted by molar-refractivity contribution is 7.99. The minimum absolute atomic E-state index is 0.0489. The molecule has 0 spiro atoms. The summed E-state index contributed by atoms with van der Waals surface area (Å²) in [6.45, 7) is 8.00. The maximum atomic E-state index is 12.5. The molecule has 2 aromatic heterocycles. The molecule has 2 aromatic rings. The van der Waals surface area contributed by atoms with Crippen LogP contribution >= 0.6 is 23.1 Å². The molecular formula is C13H13N3OS2. The first-order chi connectivity index (χ1) is 9.10.